The molecule has 0 aromatic heterocycles. The van der Waals surface area contributed by atoms with Gasteiger partial charge in [-0.1, -0.05) is 24.3 Å². The second-order valence-corrected chi connectivity index (χ2v) is 8.18. The highest BCUT2D eigenvalue weighted by Crippen LogP contribution is 2.41. The molecule has 1 aromatic rings. The number of carbonyl (C=O) groups is 1. The molecule has 2 aliphatic carbocycles. The van der Waals surface area contributed by atoms with E-state index < -0.39 is 12.0 Å². The van der Waals surface area contributed by atoms with Crippen molar-refractivity contribution in [2.24, 2.45) is 0 Å². The molecule has 2 unspecified atom stereocenters. The van der Waals surface area contributed by atoms with Crippen molar-refractivity contribution in [1.82, 2.24) is 5.01 Å². The number of rotatable bonds is 4. The van der Waals surface area contributed by atoms with Crippen LogP contribution in [0.5, 0.6) is 0 Å². The number of anilines is 1. The molecule has 144 valence electrons. The Bertz CT molecular complexity index is 800. The van der Waals surface area contributed by atoms with Crippen molar-refractivity contribution in [3.8, 4) is 0 Å². The molecule has 1 N–H and O–H groups in total. The summed E-state index contributed by atoms with van der Waals surface area (Å²) in [4.78, 5) is 14.8. The van der Waals surface area contributed by atoms with Crippen molar-refractivity contribution < 1.29 is 14.5 Å². The summed E-state index contributed by atoms with van der Waals surface area (Å²) in [6.45, 7) is 0. The van der Waals surface area contributed by atoms with Gasteiger partial charge in [0.1, 0.15) is 6.04 Å². The van der Waals surface area contributed by atoms with Crippen molar-refractivity contribution in [2.45, 2.75) is 18.1 Å². The van der Waals surface area contributed by atoms with Crippen LogP contribution >= 0.6 is 0 Å². The second-order valence-electron chi connectivity index (χ2n) is 8.18. The Morgan fingerprint density at radius 3 is 1.96 bits per heavy atom. The predicted molar refractivity (Wildman–Crippen MR) is 109 cm³/mol. The monoisotopic (exact) mass is 368 g/mol. The molecule has 5 nitrogen and oxygen atoms in total. The van der Waals surface area contributed by atoms with Crippen molar-refractivity contribution in [1.29, 1.82) is 0 Å². The van der Waals surface area contributed by atoms with Crippen LogP contribution in [-0.2, 0) is 4.79 Å². The first-order valence-electron chi connectivity index (χ1n) is 9.26. The first-order chi connectivity index (χ1) is 12.6. The zero-order chi connectivity index (χ0) is 19.9. The average Bonchev–Trinajstić information content (AvgIpc) is 2.62. The first kappa shape index (κ1) is 19.5. The van der Waals surface area contributed by atoms with E-state index in [1.807, 2.05) is 69.5 Å². The summed E-state index contributed by atoms with van der Waals surface area (Å²) in [7, 11) is 12.3. The summed E-state index contributed by atoms with van der Waals surface area (Å²) in [6.07, 6.45) is 7.38. The smallest absolute Gasteiger partial charge is 0.172 e. The zero-order valence-corrected chi connectivity index (χ0v) is 17.0. The molecule has 0 heterocycles. The molecule has 1 fully saturated rings. The topological polar surface area (TPSA) is 43.8 Å². The molecular formula is C22H30N3O2+. The minimum absolute atomic E-state index is 0.0178. The van der Waals surface area contributed by atoms with Crippen LogP contribution in [0.2, 0.25) is 0 Å². The van der Waals surface area contributed by atoms with E-state index in [0.717, 1.165) is 16.8 Å². The first-order valence-corrected chi connectivity index (χ1v) is 9.26. The van der Waals surface area contributed by atoms with Gasteiger partial charge in [0, 0.05) is 39.5 Å². The standard InChI is InChI=1S/C22H30N3O2/c1-23(2)17-11-7-15(8-12-17)19-21(26)20(22(19)27)16-9-13-18(14-10-16)25(5,6)24(3)4/h7-14,18-19,21,26H,1-6H3/q+1. The summed E-state index contributed by atoms with van der Waals surface area (Å²) >= 11 is 0. The molecule has 0 radical (unpaired) electrons. The molecule has 2 aliphatic rings. The largest absolute Gasteiger partial charge is 0.387 e. The number of aliphatic hydroxyl groups excluding tert-OH is 1. The maximum absolute atomic E-state index is 12.8. The van der Waals surface area contributed by atoms with Gasteiger partial charge in [-0.2, -0.15) is 5.01 Å². The number of Topliss-reactive ketones (excluding diaryl/α,β-unsaturated/α-hetero) is 1. The number of ketones is 1. The Hall–Kier alpha value is -2.21. The van der Waals surface area contributed by atoms with Gasteiger partial charge in [0.2, 0.25) is 0 Å². The van der Waals surface area contributed by atoms with Gasteiger partial charge in [0.15, 0.2) is 5.78 Å². The summed E-state index contributed by atoms with van der Waals surface area (Å²) in [5, 5.41) is 12.8. The van der Waals surface area contributed by atoms with Crippen LogP contribution in [0.1, 0.15) is 11.5 Å². The van der Waals surface area contributed by atoms with Crippen LogP contribution in [0.15, 0.2) is 59.7 Å². The average molecular weight is 369 g/mol. The lowest BCUT2D eigenvalue weighted by Crippen LogP contribution is -2.56. The molecule has 0 saturated heterocycles. The number of nitrogens with zero attached hydrogens (tertiary/aromatic N) is 3. The van der Waals surface area contributed by atoms with Gasteiger partial charge in [0.25, 0.3) is 0 Å². The van der Waals surface area contributed by atoms with Crippen LogP contribution in [-0.4, -0.2) is 74.9 Å². The van der Waals surface area contributed by atoms with E-state index in [0.29, 0.717) is 10.2 Å². The van der Waals surface area contributed by atoms with Gasteiger partial charge >= 0.3 is 0 Å². The van der Waals surface area contributed by atoms with Gasteiger partial charge in [-0.3, -0.25) is 4.79 Å². The number of hydrogen-bond acceptors (Lipinski definition) is 4. The summed E-state index contributed by atoms with van der Waals surface area (Å²) < 4.78 is 0.687. The molecule has 5 heteroatoms. The third kappa shape index (κ3) is 3.38. The summed E-state index contributed by atoms with van der Waals surface area (Å²) in [5.41, 5.74) is 3.29. The lowest BCUT2D eigenvalue weighted by atomic mass is 9.69. The lowest BCUT2D eigenvalue weighted by Gasteiger charge is -2.40. The fourth-order valence-electron chi connectivity index (χ4n) is 3.55. The van der Waals surface area contributed by atoms with Crippen molar-refractivity contribution in [2.75, 3.05) is 47.2 Å². The molecule has 3 rings (SSSR count). The molecule has 0 bridgehead atoms. The van der Waals surface area contributed by atoms with Gasteiger partial charge in [-0.25, -0.2) is 4.59 Å². The predicted octanol–water partition coefficient (Wildman–Crippen LogP) is 2.12. The molecule has 27 heavy (non-hydrogen) atoms. The van der Waals surface area contributed by atoms with E-state index >= 15 is 0 Å². The third-order valence-electron chi connectivity index (χ3n) is 5.95. The van der Waals surface area contributed by atoms with Crippen molar-refractivity contribution in [3.05, 3.63) is 65.3 Å². The molecule has 0 spiro atoms. The molecule has 1 aromatic carbocycles. The highest BCUT2D eigenvalue weighted by Gasteiger charge is 2.46. The Morgan fingerprint density at radius 2 is 1.52 bits per heavy atom. The fraction of sp³-hybridized carbons (Fsp3) is 0.409. The van der Waals surface area contributed by atoms with Gasteiger partial charge in [-0.15, -0.1) is 0 Å². The van der Waals surface area contributed by atoms with E-state index in [1.165, 1.54) is 0 Å². The fourth-order valence-corrected chi connectivity index (χ4v) is 3.55. The van der Waals surface area contributed by atoms with E-state index in [-0.39, 0.29) is 11.8 Å². The van der Waals surface area contributed by atoms with Crippen molar-refractivity contribution >= 4 is 11.5 Å². The number of aliphatic hydroxyl groups is 1. The Balaban J connectivity index is 1.79. The minimum Gasteiger partial charge on any atom is -0.387 e. The van der Waals surface area contributed by atoms with Crippen LogP contribution in [0.25, 0.3) is 0 Å². The lowest BCUT2D eigenvalue weighted by molar-refractivity contribution is -1.01. The second kappa shape index (κ2) is 7.08. The minimum atomic E-state index is -0.750. The van der Waals surface area contributed by atoms with Gasteiger partial charge in [-0.05, 0) is 35.4 Å². The quantitative estimate of drug-likeness (QED) is 0.502. The summed E-state index contributed by atoms with van der Waals surface area (Å²) in [6, 6.07) is 8.02. The van der Waals surface area contributed by atoms with E-state index in [2.05, 4.69) is 31.3 Å². The van der Waals surface area contributed by atoms with Crippen LogP contribution in [0, 0.1) is 0 Å². The number of allylic oxidation sites excluding steroid dienone is 3. The summed E-state index contributed by atoms with van der Waals surface area (Å²) in [5.74, 6) is -0.443. The highest BCUT2D eigenvalue weighted by atomic mass is 16.3. The molecular weight excluding hydrogens is 338 g/mol. The van der Waals surface area contributed by atoms with Crippen LogP contribution < -0.4 is 4.90 Å². The van der Waals surface area contributed by atoms with E-state index in [1.54, 1.807) is 0 Å². The van der Waals surface area contributed by atoms with Crippen molar-refractivity contribution in [3.63, 3.8) is 0 Å². The number of quaternary nitrogens is 1. The molecule has 1 saturated carbocycles. The maximum atomic E-state index is 12.8. The van der Waals surface area contributed by atoms with E-state index in [4.69, 9.17) is 0 Å². The maximum Gasteiger partial charge on any atom is 0.172 e. The molecule has 0 amide bonds. The SMILES string of the molecule is CN(C)c1ccc(C2C(=O)C(=C3C=CC([N+](C)(C)N(C)C)C=C3)C2O)cc1. The molecule has 0 aliphatic heterocycles. The van der Waals surface area contributed by atoms with Crippen LogP contribution in [0.4, 0.5) is 5.69 Å². The van der Waals surface area contributed by atoms with Gasteiger partial charge in [0.05, 0.1) is 26.1 Å². The Labute approximate surface area is 162 Å². The Kier molecular flexibility index (Phi) is 5.12. The third-order valence-corrected chi connectivity index (χ3v) is 5.95. The Morgan fingerprint density at radius 1 is 0.963 bits per heavy atom. The zero-order valence-electron chi connectivity index (χ0n) is 17.0. The number of hydrogen-bond donors (Lipinski definition) is 1. The van der Waals surface area contributed by atoms with E-state index in [9.17, 15) is 9.90 Å². The molecule has 2 atom stereocenters. The normalized spacial score (nSPS) is 25.2. The number of benzene rings is 1. The number of likely N-dealkylation sites (N-methyl/N-ethyl adjacent to an activating group) is 1. The van der Waals surface area contributed by atoms with Gasteiger partial charge < -0.3 is 10.0 Å². The van der Waals surface area contributed by atoms with Crippen LogP contribution in [0.3, 0.4) is 0 Å². The highest BCUT2D eigenvalue weighted by molar-refractivity contribution is 6.10. The number of carbonyl (C=O) groups excluding carboxylic acids is 1.